The molecule has 0 fully saturated rings. The lowest BCUT2D eigenvalue weighted by atomic mass is 10.3. The molecule has 0 radical (unpaired) electrons. The molecule has 0 atom stereocenters. The Hall–Kier alpha value is -0.620. The number of halogens is 2. The Bertz CT molecular complexity index is 252. The quantitative estimate of drug-likeness (QED) is 0.794. The number of aromatic nitrogens is 2. The first-order valence-corrected chi connectivity index (χ1v) is 4.80. The number of nitrogens with zero attached hydrogens (tertiary/aromatic N) is 2. The molecule has 1 aromatic heterocycles. The molecule has 0 aliphatic carbocycles. The molecule has 74 valence electrons. The predicted octanol–water partition coefficient (Wildman–Crippen LogP) is 1.46. The van der Waals surface area contributed by atoms with Gasteiger partial charge in [-0.1, -0.05) is 11.4 Å². The zero-order valence-electron chi connectivity index (χ0n) is 7.26. The Labute approximate surface area is 79.3 Å². The fourth-order valence-corrected chi connectivity index (χ4v) is 1.62. The first-order chi connectivity index (χ1) is 6.24. The lowest BCUT2D eigenvalue weighted by molar-refractivity contribution is 0.145. The van der Waals surface area contributed by atoms with Gasteiger partial charge in [0.25, 0.3) is 6.43 Å². The van der Waals surface area contributed by atoms with Crippen molar-refractivity contribution in [2.24, 2.45) is 0 Å². The minimum Gasteiger partial charge on any atom is -0.306 e. The summed E-state index contributed by atoms with van der Waals surface area (Å²) in [6.45, 7) is 2.12. The molecule has 0 bridgehead atoms. The average molecular weight is 207 g/mol. The highest BCUT2D eigenvalue weighted by molar-refractivity contribution is 7.05. The van der Waals surface area contributed by atoms with E-state index in [0.717, 1.165) is 17.0 Å². The SMILES string of the molecule is CCc1nnsc1CNCC(F)F. The Morgan fingerprint density at radius 3 is 2.92 bits per heavy atom. The van der Waals surface area contributed by atoms with Crippen molar-refractivity contribution in [1.29, 1.82) is 0 Å². The highest BCUT2D eigenvalue weighted by atomic mass is 32.1. The molecule has 13 heavy (non-hydrogen) atoms. The van der Waals surface area contributed by atoms with Crippen LogP contribution in [0.5, 0.6) is 0 Å². The van der Waals surface area contributed by atoms with E-state index in [-0.39, 0.29) is 6.54 Å². The Morgan fingerprint density at radius 1 is 1.54 bits per heavy atom. The summed E-state index contributed by atoms with van der Waals surface area (Å²) in [5, 5.41) is 6.52. The summed E-state index contributed by atoms with van der Waals surface area (Å²) in [6.07, 6.45) is -1.51. The molecule has 1 rings (SSSR count). The summed E-state index contributed by atoms with van der Waals surface area (Å²) >= 11 is 1.26. The molecule has 1 aromatic rings. The third kappa shape index (κ3) is 3.31. The molecule has 1 N–H and O–H groups in total. The molecule has 0 amide bonds. The van der Waals surface area contributed by atoms with Crippen LogP contribution in [0.1, 0.15) is 17.5 Å². The Morgan fingerprint density at radius 2 is 2.31 bits per heavy atom. The van der Waals surface area contributed by atoms with Gasteiger partial charge in [0.15, 0.2) is 0 Å². The fraction of sp³-hybridized carbons (Fsp3) is 0.714. The van der Waals surface area contributed by atoms with Gasteiger partial charge in [-0.3, -0.25) is 0 Å². The van der Waals surface area contributed by atoms with Gasteiger partial charge in [-0.2, -0.15) is 0 Å². The van der Waals surface area contributed by atoms with Crippen LogP contribution >= 0.6 is 11.5 Å². The second kappa shape index (κ2) is 5.18. The molecule has 1 heterocycles. The van der Waals surface area contributed by atoms with Crippen molar-refractivity contribution in [3.05, 3.63) is 10.6 Å². The lowest BCUT2D eigenvalue weighted by Crippen LogP contribution is -2.20. The van der Waals surface area contributed by atoms with Crippen molar-refractivity contribution in [3.63, 3.8) is 0 Å². The minimum atomic E-state index is -2.30. The van der Waals surface area contributed by atoms with Crippen molar-refractivity contribution >= 4 is 11.5 Å². The van der Waals surface area contributed by atoms with E-state index in [0.29, 0.717) is 6.54 Å². The fourth-order valence-electron chi connectivity index (χ4n) is 0.924. The maximum atomic E-state index is 11.8. The van der Waals surface area contributed by atoms with E-state index >= 15 is 0 Å². The number of hydrogen-bond donors (Lipinski definition) is 1. The number of aryl methyl sites for hydroxylation is 1. The van der Waals surface area contributed by atoms with Gasteiger partial charge in [-0.25, -0.2) is 8.78 Å². The van der Waals surface area contributed by atoms with Crippen LogP contribution in [0.3, 0.4) is 0 Å². The molecule has 0 aromatic carbocycles. The van der Waals surface area contributed by atoms with Crippen LogP contribution < -0.4 is 5.32 Å². The molecule has 3 nitrogen and oxygen atoms in total. The number of nitrogens with one attached hydrogen (secondary N) is 1. The van der Waals surface area contributed by atoms with E-state index in [1.807, 2.05) is 6.92 Å². The third-order valence-electron chi connectivity index (χ3n) is 1.55. The second-order valence-corrected chi connectivity index (χ2v) is 3.36. The molecular formula is C7H11F2N3S. The van der Waals surface area contributed by atoms with Crippen LogP contribution in [0.2, 0.25) is 0 Å². The monoisotopic (exact) mass is 207 g/mol. The van der Waals surface area contributed by atoms with Gasteiger partial charge in [-0.15, -0.1) is 5.10 Å². The van der Waals surface area contributed by atoms with Crippen molar-refractivity contribution in [1.82, 2.24) is 14.9 Å². The van der Waals surface area contributed by atoms with Crippen LogP contribution in [-0.2, 0) is 13.0 Å². The highest BCUT2D eigenvalue weighted by Crippen LogP contribution is 2.10. The predicted molar refractivity (Wildman–Crippen MR) is 47.0 cm³/mol. The Kier molecular flexibility index (Phi) is 4.17. The van der Waals surface area contributed by atoms with Crippen molar-refractivity contribution in [3.8, 4) is 0 Å². The normalized spacial score (nSPS) is 11.1. The number of hydrogen-bond acceptors (Lipinski definition) is 4. The first kappa shape index (κ1) is 10.5. The maximum Gasteiger partial charge on any atom is 0.250 e. The number of alkyl halides is 2. The van der Waals surface area contributed by atoms with Crippen molar-refractivity contribution < 1.29 is 8.78 Å². The lowest BCUT2D eigenvalue weighted by Gasteiger charge is -2.01. The smallest absolute Gasteiger partial charge is 0.250 e. The van der Waals surface area contributed by atoms with Gasteiger partial charge >= 0.3 is 0 Å². The molecule has 0 aliphatic rings. The van der Waals surface area contributed by atoms with Gasteiger partial charge in [0.1, 0.15) is 0 Å². The van der Waals surface area contributed by atoms with Crippen LogP contribution in [0.15, 0.2) is 0 Å². The van der Waals surface area contributed by atoms with Gasteiger partial charge in [-0.05, 0) is 18.0 Å². The van der Waals surface area contributed by atoms with Crippen molar-refractivity contribution in [2.75, 3.05) is 6.54 Å². The maximum absolute atomic E-state index is 11.8. The first-order valence-electron chi connectivity index (χ1n) is 4.03. The van der Waals surface area contributed by atoms with Gasteiger partial charge in [0.05, 0.1) is 17.1 Å². The van der Waals surface area contributed by atoms with E-state index in [1.165, 1.54) is 11.5 Å². The van der Waals surface area contributed by atoms with E-state index < -0.39 is 6.43 Å². The van der Waals surface area contributed by atoms with Gasteiger partial charge < -0.3 is 5.32 Å². The van der Waals surface area contributed by atoms with E-state index in [1.54, 1.807) is 0 Å². The van der Waals surface area contributed by atoms with Crippen molar-refractivity contribution in [2.45, 2.75) is 26.3 Å². The molecule has 6 heteroatoms. The second-order valence-electron chi connectivity index (χ2n) is 2.52. The highest BCUT2D eigenvalue weighted by Gasteiger charge is 2.06. The standard InChI is InChI=1S/C7H11F2N3S/c1-2-5-6(13-12-11-5)3-10-4-7(8)9/h7,10H,2-4H2,1H3. The molecule has 0 unspecified atom stereocenters. The Balaban J connectivity index is 2.36. The molecular weight excluding hydrogens is 196 g/mol. The summed E-state index contributed by atoms with van der Waals surface area (Å²) in [5.41, 5.74) is 0.895. The van der Waals surface area contributed by atoms with E-state index in [4.69, 9.17) is 0 Å². The van der Waals surface area contributed by atoms with Crippen LogP contribution in [0.25, 0.3) is 0 Å². The zero-order valence-corrected chi connectivity index (χ0v) is 8.07. The summed E-state index contributed by atoms with van der Waals surface area (Å²) in [7, 11) is 0. The molecule has 0 saturated carbocycles. The van der Waals surface area contributed by atoms with Crippen LogP contribution in [0, 0.1) is 0 Å². The summed E-state index contributed by atoms with van der Waals surface area (Å²) in [4.78, 5) is 0.947. The largest absolute Gasteiger partial charge is 0.306 e. The van der Waals surface area contributed by atoms with E-state index in [2.05, 4.69) is 14.9 Å². The molecule has 0 aliphatic heterocycles. The summed E-state index contributed by atoms with van der Waals surface area (Å²) in [6, 6.07) is 0. The van der Waals surface area contributed by atoms with Crippen LogP contribution in [-0.4, -0.2) is 22.6 Å². The topological polar surface area (TPSA) is 37.8 Å². The average Bonchev–Trinajstić information content (AvgIpc) is 2.51. The third-order valence-corrected chi connectivity index (χ3v) is 2.32. The van der Waals surface area contributed by atoms with Gasteiger partial charge in [0, 0.05) is 6.54 Å². The van der Waals surface area contributed by atoms with E-state index in [9.17, 15) is 8.78 Å². The van der Waals surface area contributed by atoms with Crippen LogP contribution in [0.4, 0.5) is 8.78 Å². The molecule has 0 saturated heterocycles. The molecule has 0 spiro atoms. The number of rotatable bonds is 5. The zero-order chi connectivity index (χ0) is 9.68. The summed E-state index contributed by atoms with van der Waals surface area (Å²) in [5.74, 6) is 0. The summed E-state index contributed by atoms with van der Waals surface area (Å²) < 4.78 is 27.3. The van der Waals surface area contributed by atoms with Gasteiger partial charge in [0.2, 0.25) is 0 Å². The minimum absolute atomic E-state index is 0.277.